The van der Waals surface area contributed by atoms with E-state index in [1.54, 1.807) is 18.2 Å². The first-order valence-electron chi connectivity index (χ1n) is 5.80. The van der Waals surface area contributed by atoms with Crippen LogP contribution in [-0.4, -0.2) is 24.0 Å². The van der Waals surface area contributed by atoms with Gasteiger partial charge in [-0.05, 0) is 18.2 Å². The predicted octanol–water partition coefficient (Wildman–Crippen LogP) is 1.41. The van der Waals surface area contributed by atoms with Crippen LogP contribution in [0.25, 0.3) is 0 Å². The third-order valence-corrected chi connectivity index (χ3v) is 2.59. The normalized spacial score (nSPS) is 9.85. The third-order valence-electron chi connectivity index (χ3n) is 2.59. The molecule has 0 aliphatic rings. The monoisotopic (exact) mass is 272 g/mol. The minimum atomic E-state index is -0.553. The van der Waals surface area contributed by atoms with E-state index in [0.717, 1.165) is 0 Å². The maximum Gasteiger partial charge on any atom is 0.339 e. The number of ether oxygens (including phenoxy) is 1. The van der Waals surface area contributed by atoms with Crippen LogP contribution in [-0.2, 0) is 4.74 Å². The lowest BCUT2D eigenvalue weighted by Crippen LogP contribution is -2.19. The van der Waals surface area contributed by atoms with Crippen LogP contribution in [0.3, 0.4) is 0 Å². The van der Waals surface area contributed by atoms with Crippen LogP contribution >= 0.6 is 0 Å². The number of H-pyrrole nitrogens is 1. The third kappa shape index (κ3) is 2.92. The number of methoxy groups -OCH3 is 1. The maximum atomic E-state index is 12.0. The minimum absolute atomic E-state index is 0.108. The Morgan fingerprint density at radius 1 is 1.10 bits per heavy atom. The lowest BCUT2D eigenvalue weighted by atomic mass is 10.1. The first-order valence-corrected chi connectivity index (χ1v) is 5.80. The Morgan fingerprint density at radius 2 is 1.85 bits per heavy atom. The molecule has 6 heteroatoms. The van der Waals surface area contributed by atoms with Gasteiger partial charge < -0.3 is 15.0 Å². The molecule has 2 aromatic rings. The van der Waals surface area contributed by atoms with Crippen molar-refractivity contribution in [2.45, 2.75) is 0 Å². The minimum Gasteiger partial charge on any atom is -0.465 e. The number of pyridine rings is 1. The average Bonchev–Trinajstić information content (AvgIpc) is 2.47. The summed E-state index contributed by atoms with van der Waals surface area (Å²) in [6.07, 6.45) is 0. The molecule has 2 N–H and O–H groups in total. The van der Waals surface area contributed by atoms with Crippen molar-refractivity contribution in [3.05, 3.63) is 64.1 Å². The molecule has 20 heavy (non-hydrogen) atoms. The molecule has 1 aromatic heterocycles. The van der Waals surface area contributed by atoms with Crippen molar-refractivity contribution in [1.82, 2.24) is 4.98 Å². The number of anilines is 1. The molecule has 102 valence electrons. The van der Waals surface area contributed by atoms with E-state index >= 15 is 0 Å². The zero-order chi connectivity index (χ0) is 14.5. The molecule has 1 amide bonds. The molecule has 0 aliphatic carbocycles. The number of aromatic amines is 1. The van der Waals surface area contributed by atoms with Crippen LogP contribution in [0.4, 0.5) is 5.69 Å². The summed E-state index contributed by atoms with van der Waals surface area (Å²) in [5.41, 5.74) is 0.284. The zero-order valence-electron chi connectivity index (χ0n) is 10.7. The second-order valence-electron chi connectivity index (χ2n) is 3.92. The Bertz CT molecular complexity index is 706. The van der Waals surface area contributed by atoms with Gasteiger partial charge in [0.15, 0.2) is 0 Å². The Kier molecular flexibility index (Phi) is 3.95. The number of hydrogen-bond acceptors (Lipinski definition) is 4. The number of rotatable bonds is 3. The maximum absolute atomic E-state index is 12.0. The summed E-state index contributed by atoms with van der Waals surface area (Å²) < 4.78 is 4.64. The highest BCUT2D eigenvalue weighted by Gasteiger charge is 2.14. The summed E-state index contributed by atoms with van der Waals surface area (Å²) >= 11 is 0. The zero-order valence-corrected chi connectivity index (χ0v) is 10.7. The highest BCUT2D eigenvalue weighted by molar-refractivity contribution is 6.07. The molecule has 6 nitrogen and oxygen atoms in total. The van der Waals surface area contributed by atoms with E-state index in [0.29, 0.717) is 5.69 Å². The van der Waals surface area contributed by atoms with Crippen LogP contribution < -0.4 is 10.9 Å². The number of aromatic nitrogens is 1. The number of carbonyl (C=O) groups excluding carboxylic acids is 2. The van der Waals surface area contributed by atoms with E-state index in [4.69, 9.17) is 0 Å². The summed E-state index contributed by atoms with van der Waals surface area (Å²) in [6, 6.07) is 10.7. The SMILES string of the molecule is COC(=O)c1ccccc1NC(=O)c1cccc(=O)[nH]1. The van der Waals surface area contributed by atoms with Crippen molar-refractivity contribution in [1.29, 1.82) is 0 Å². The molecule has 0 saturated heterocycles. The highest BCUT2D eigenvalue weighted by atomic mass is 16.5. The van der Waals surface area contributed by atoms with E-state index in [2.05, 4.69) is 15.0 Å². The van der Waals surface area contributed by atoms with Crippen molar-refractivity contribution in [2.24, 2.45) is 0 Å². The van der Waals surface area contributed by atoms with Crippen molar-refractivity contribution in [2.75, 3.05) is 12.4 Å². The lowest BCUT2D eigenvalue weighted by Gasteiger charge is -2.09. The molecule has 0 spiro atoms. The topological polar surface area (TPSA) is 88.3 Å². The van der Waals surface area contributed by atoms with Crippen molar-refractivity contribution >= 4 is 17.6 Å². The summed E-state index contributed by atoms with van der Waals surface area (Å²) in [5.74, 6) is -1.07. The van der Waals surface area contributed by atoms with E-state index in [1.807, 2.05) is 0 Å². The molecule has 0 bridgehead atoms. The highest BCUT2D eigenvalue weighted by Crippen LogP contribution is 2.16. The van der Waals surface area contributed by atoms with Gasteiger partial charge in [-0.1, -0.05) is 18.2 Å². The number of amides is 1. The van der Waals surface area contributed by atoms with Crippen molar-refractivity contribution in [3.63, 3.8) is 0 Å². The molecule has 1 heterocycles. The predicted molar refractivity (Wildman–Crippen MR) is 72.8 cm³/mol. The van der Waals surface area contributed by atoms with Gasteiger partial charge in [-0.3, -0.25) is 9.59 Å². The molecule has 2 rings (SSSR count). The number of carbonyl (C=O) groups is 2. The van der Waals surface area contributed by atoms with E-state index in [9.17, 15) is 14.4 Å². The van der Waals surface area contributed by atoms with Gasteiger partial charge in [0.2, 0.25) is 5.56 Å². The lowest BCUT2D eigenvalue weighted by molar-refractivity contribution is 0.0602. The van der Waals surface area contributed by atoms with Crippen LogP contribution in [0.1, 0.15) is 20.8 Å². The van der Waals surface area contributed by atoms with Gasteiger partial charge in [-0.15, -0.1) is 0 Å². The van der Waals surface area contributed by atoms with Crippen LogP contribution in [0.2, 0.25) is 0 Å². The second kappa shape index (κ2) is 5.83. The first kappa shape index (κ1) is 13.5. The number of benzene rings is 1. The van der Waals surface area contributed by atoms with Gasteiger partial charge in [-0.2, -0.15) is 0 Å². The van der Waals surface area contributed by atoms with Crippen molar-refractivity contribution < 1.29 is 14.3 Å². The molecule has 0 atom stereocenters. The van der Waals surface area contributed by atoms with Gasteiger partial charge in [0.25, 0.3) is 5.91 Å². The molecule has 0 aliphatic heterocycles. The van der Waals surface area contributed by atoms with Gasteiger partial charge in [0, 0.05) is 6.07 Å². The van der Waals surface area contributed by atoms with Crippen molar-refractivity contribution in [3.8, 4) is 0 Å². The van der Waals surface area contributed by atoms with Crippen LogP contribution in [0.5, 0.6) is 0 Å². The van der Waals surface area contributed by atoms with Gasteiger partial charge in [-0.25, -0.2) is 4.79 Å². The van der Waals surface area contributed by atoms with Gasteiger partial charge in [0.1, 0.15) is 5.69 Å². The van der Waals surface area contributed by atoms with E-state index in [-0.39, 0.29) is 16.8 Å². The fourth-order valence-electron chi connectivity index (χ4n) is 1.65. The Labute approximate surface area is 114 Å². The fraction of sp³-hybridized carbons (Fsp3) is 0.0714. The molecular formula is C14H12N2O4. The largest absolute Gasteiger partial charge is 0.465 e. The molecular weight excluding hydrogens is 260 g/mol. The smallest absolute Gasteiger partial charge is 0.339 e. The van der Waals surface area contributed by atoms with Gasteiger partial charge in [0.05, 0.1) is 18.4 Å². The number of nitrogens with one attached hydrogen (secondary N) is 2. The van der Waals surface area contributed by atoms with E-state index < -0.39 is 11.9 Å². The van der Waals surface area contributed by atoms with Crippen LogP contribution in [0.15, 0.2) is 47.3 Å². The molecule has 0 unspecified atom stereocenters. The summed E-state index contributed by atoms with van der Waals surface area (Å²) in [5, 5.41) is 2.56. The summed E-state index contributed by atoms with van der Waals surface area (Å²) in [6.45, 7) is 0. The summed E-state index contributed by atoms with van der Waals surface area (Å²) in [4.78, 5) is 37.1. The van der Waals surface area contributed by atoms with Gasteiger partial charge >= 0.3 is 5.97 Å². The standard InChI is InChI=1S/C14H12N2O4/c1-20-14(19)9-5-2-3-6-10(9)16-13(18)11-7-4-8-12(17)15-11/h2-8H,1H3,(H,15,17)(H,16,18). The summed E-state index contributed by atoms with van der Waals surface area (Å²) in [7, 11) is 1.26. The number of para-hydroxylation sites is 1. The second-order valence-corrected chi connectivity index (χ2v) is 3.92. The molecule has 1 aromatic carbocycles. The average molecular weight is 272 g/mol. The number of esters is 1. The Hall–Kier alpha value is -2.89. The van der Waals surface area contributed by atoms with Crippen LogP contribution in [0, 0.1) is 0 Å². The molecule has 0 saturated carbocycles. The fourth-order valence-corrected chi connectivity index (χ4v) is 1.65. The number of hydrogen-bond donors (Lipinski definition) is 2. The first-order chi connectivity index (χ1) is 9.61. The molecule has 0 radical (unpaired) electrons. The Balaban J connectivity index is 2.29. The quantitative estimate of drug-likeness (QED) is 0.827. The molecule has 0 fully saturated rings. The van der Waals surface area contributed by atoms with E-state index in [1.165, 1.54) is 31.4 Å². The Morgan fingerprint density at radius 3 is 2.55 bits per heavy atom.